The van der Waals surface area contributed by atoms with Gasteiger partial charge >= 0.3 is 0 Å². The van der Waals surface area contributed by atoms with Gasteiger partial charge in [0.25, 0.3) is 0 Å². The molecular formula is C17H20N2. The van der Waals surface area contributed by atoms with Crippen molar-refractivity contribution in [2.75, 3.05) is 5.32 Å². The summed E-state index contributed by atoms with van der Waals surface area (Å²) in [5.41, 5.74) is 9.56. The molecule has 0 bridgehead atoms. The Morgan fingerprint density at radius 3 is 2.37 bits per heavy atom. The van der Waals surface area contributed by atoms with Crippen LogP contribution in [0, 0.1) is 0 Å². The molecule has 2 nitrogen and oxygen atoms in total. The van der Waals surface area contributed by atoms with E-state index in [1.165, 1.54) is 5.56 Å². The Morgan fingerprint density at radius 2 is 1.74 bits per heavy atom. The van der Waals surface area contributed by atoms with Gasteiger partial charge in [-0.1, -0.05) is 48.5 Å². The van der Waals surface area contributed by atoms with E-state index in [1.807, 2.05) is 12.1 Å². The molecule has 2 heteroatoms. The highest BCUT2D eigenvalue weighted by molar-refractivity contribution is 5.45. The zero-order valence-electron chi connectivity index (χ0n) is 11.0. The number of rotatable bonds is 6. The molecule has 2 aromatic carbocycles. The summed E-state index contributed by atoms with van der Waals surface area (Å²) in [7, 11) is 0. The van der Waals surface area contributed by atoms with Crippen molar-refractivity contribution in [3.63, 3.8) is 0 Å². The SMILES string of the molecule is C=CC[C@@H](N)c1ccc(NCc2ccccc2)cc1. The molecule has 0 spiro atoms. The molecule has 0 amide bonds. The minimum atomic E-state index is 0.0423. The fourth-order valence-electron chi connectivity index (χ4n) is 1.96. The number of anilines is 1. The van der Waals surface area contributed by atoms with Crippen LogP contribution in [0.4, 0.5) is 5.69 Å². The fraction of sp³-hybridized carbons (Fsp3) is 0.176. The van der Waals surface area contributed by atoms with Gasteiger partial charge in [0, 0.05) is 18.3 Å². The summed E-state index contributed by atoms with van der Waals surface area (Å²) in [5, 5.41) is 3.40. The molecule has 0 aliphatic heterocycles. The average Bonchev–Trinajstić information content (AvgIpc) is 2.47. The normalized spacial score (nSPS) is 11.8. The largest absolute Gasteiger partial charge is 0.381 e. The lowest BCUT2D eigenvalue weighted by Gasteiger charge is -2.11. The topological polar surface area (TPSA) is 38.0 Å². The third kappa shape index (κ3) is 3.97. The lowest BCUT2D eigenvalue weighted by molar-refractivity contribution is 0.742. The van der Waals surface area contributed by atoms with Crippen LogP contribution in [0.3, 0.4) is 0 Å². The molecule has 0 aliphatic carbocycles. The van der Waals surface area contributed by atoms with E-state index in [2.05, 4.69) is 60.4 Å². The van der Waals surface area contributed by atoms with Gasteiger partial charge in [0.05, 0.1) is 0 Å². The van der Waals surface area contributed by atoms with E-state index in [4.69, 9.17) is 5.73 Å². The maximum absolute atomic E-state index is 6.03. The van der Waals surface area contributed by atoms with Gasteiger partial charge in [-0.2, -0.15) is 0 Å². The second-order valence-corrected chi connectivity index (χ2v) is 4.59. The van der Waals surface area contributed by atoms with Crippen molar-refractivity contribution in [3.8, 4) is 0 Å². The van der Waals surface area contributed by atoms with Gasteiger partial charge < -0.3 is 11.1 Å². The molecule has 19 heavy (non-hydrogen) atoms. The van der Waals surface area contributed by atoms with Crippen LogP contribution in [0.15, 0.2) is 67.3 Å². The second kappa shape index (κ2) is 6.76. The second-order valence-electron chi connectivity index (χ2n) is 4.59. The molecule has 0 aliphatic rings. The Morgan fingerprint density at radius 1 is 1.05 bits per heavy atom. The lowest BCUT2D eigenvalue weighted by Crippen LogP contribution is -2.09. The minimum Gasteiger partial charge on any atom is -0.381 e. The minimum absolute atomic E-state index is 0.0423. The van der Waals surface area contributed by atoms with E-state index < -0.39 is 0 Å². The summed E-state index contributed by atoms with van der Waals surface area (Å²) in [4.78, 5) is 0. The summed E-state index contributed by atoms with van der Waals surface area (Å²) in [6.45, 7) is 4.55. The van der Waals surface area contributed by atoms with Gasteiger partial charge in [0.2, 0.25) is 0 Å². The quantitative estimate of drug-likeness (QED) is 0.766. The Labute approximate surface area is 115 Å². The molecule has 2 aromatic rings. The number of benzene rings is 2. The van der Waals surface area contributed by atoms with E-state index in [9.17, 15) is 0 Å². The molecule has 1 atom stereocenters. The van der Waals surface area contributed by atoms with E-state index in [0.717, 1.165) is 24.2 Å². The Kier molecular flexibility index (Phi) is 4.76. The van der Waals surface area contributed by atoms with Crippen LogP contribution in [0.1, 0.15) is 23.6 Å². The van der Waals surface area contributed by atoms with Crippen molar-refractivity contribution < 1.29 is 0 Å². The van der Waals surface area contributed by atoms with Crippen molar-refractivity contribution in [3.05, 3.63) is 78.4 Å². The molecule has 98 valence electrons. The highest BCUT2D eigenvalue weighted by atomic mass is 14.9. The van der Waals surface area contributed by atoms with E-state index >= 15 is 0 Å². The lowest BCUT2D eigenvalue weighted by atomic mass is 10.0. The maximum atomic E-state index is 6.03. The number of nitrogens with one attached hydrogen (secondary N) is 1. The molecule has 0 heterocycles. The van der Waals surface area contributed by atoms with E-state index in [1.54, 1.807) is 0 Å². The van der Waals surface area contributed by atoms with Crippen LogP contribution in [-0.4, -0.2) is 0 Å². The van der Waals surface area contributed by atoms with Crippen LogP contribution in [-0.2, 0) is 6.54 Å². The van der Waals surface area contributed by atoms with Crippen LogP contribution >= 0.6 is 0 Å². The van der Waals surface area contributed by atoms with Crippen LogP contribution < -0.4 is 11.1 Å². The number of hydrogen-bond acceptors (Lipinski definition) is 2. The standard InChI is InChI=1S/C17H20N2/c1-2-6-17(18)15-9-11-16(12-10-15)19-13-14-7-4-3-5-8-14/h2-5,7-12,17,19H,1,6,13,18H2/t17-/m1/s1. The number of nitrogens with two attached hydrogens (primary N) is 1. The summed E-state index contributed by atoms with van der Waals surface area (Å²) < 4.78 is 0. The number of hydrogen-bond donors (Lipinski definition) is 2. The summed E-state index contributed by atoms with van der Waals surface area (Å²) >= 11 is 0. The van der Waals surface area contributed by atoms with Gasteiger partial charge in [0.15, 0.2) is 0 Å². The summed E-state index contributed by atoms with van der Waals surface area (Å²) in [6.07, 6.45) is 2.66. The van der Waals surface area contributed by atoms with Gasteiger partial charge in [-0.3, -0.25) is 0 Å². The van der Waals surface area contributed by atoms with Gasteiger partial charge in [0.1, 0.15) is 0 Å². The Bertz CT molecular complexity index is 503. The molecule has 0 aromatic heterocycles. The smallest absolute Gasteiger partial charge is 0.0400 e. The van der Waals surface area contributed by atoms with Gasteiger partial charge in [-0.25, -0.2) is 0 Å². The molecule has 0 radical (unpaired) electrons. The fourth-order valence-corrected chi connectivity index (χ4v) is 1.96. The van der Waals surface area contributed by atoms with E-state index in [-0.39, 0.29) is 6.04 Å². The first kappa shape index (κ1) is 13.4. The predicted octanol–water partition coefficient (Wildman–Crippen LogP) is 3.87. The van der Waals surface area contributed by atoms with Crippen molar-refractivity contribution in [1.29, 1.82) is 0 Å². The van der Waals surface area contributed by atoms with E-state index in [0.29, 0.717) is 0 Å². The van der Waals surface area contributed by atoms with Crippen LogP contribution in [0.5, 0.6) is 0 Å². The monoisotopic (exact) mass is 252 g/mol. The van der Waals surface area contributed by atoms with Gasteiger partial charge in [-0.05, 0) is 29.7 Å². The zero-order valence-corrected chi connectivity index (χ0v) is 11.0. The van der Waals surface area contributed by atoms with Crippen molar-refractivity contribution in [1.82, 2.24) is 0 Å². The zero-order chi connectivity index (χ0) is 13.5. The third-order valence-corrected chi connectivity index (χ3v) is 3.10. The van der Waals surface area contributed by atoms with Crippen molar-refractivity contribution in [2.24, 2.45) is 5.73 Å². The highest BCUT2D eigenvalue weighted by Gasteiger charge is 2.03. The summed E-state index contributed by atoms with van der Waals surface area (Å²) in [5.74, 6) is 0. The molecule has 0 fully saturated rings. The molecule has 3 N–H and O–H groups in total. The first-order chi connectivity index (χ1) is 9.29. The van der Waals surface area contributed by atoms with Crippen molar-refractivity contribution >= 4 is 5.69 Å². The first-order valence-electron chi connectivity index (χ1n) is 6.54. The first-order valence-corrected chi connectivity index (χ1v) is 6.54. The molecule has 0 saturated heterocycles. The average molecular weight is 252 g/mol. The Balaban J connectivity index is 1.93. The Hall–Kier alpha value is -2.06. The van der Waals surface area contributed by atoms with Crippen LogP contribution in [0.2, 0.25) is 0 Å². The maximum Gasteiger partial charge on any atom is 0.0400 e. The predicted molar refractivity (Wildman–Crippen MR) is 82.0 cm³/mol. The molecule has 0 unspecified atom stereocenters. The molecular weight excluding hydrogens is 232 g/mol. The third-order valence-electron chi connectivity index (χ3n) is 3.10. The molecule has 2 rings (SSSR count). The summed E-state index contributed by atoms with van der Waals surface area (Å²) in [6, 6.07) is 18.7. The van der Waals surface area contributed by atoms with Crippen LogP contribution in [0.25, 0.3) is 0 Å². The van der Waals surface area contributed by atoms with Crippen molar-refractivity contribution in [2.45, 2.75) is 19.0 Å². The van der Waals surface area contributed by atoms with Gasteiger partial charge in [-0.15, -0.1) is 6.58 Å². The highest BCUT2D eigenvalue weighted by Crippen LogP contribution is 2.17. The molecule has 0 saturated carbocycles.